The molecule has 2 heterocycles. The topological polar surface area (TPSA) is 112 Å². The van der Waals surface area contributed by atoms with Crippen LogP contribution in [0.2, 0.25) is 0 Å². The van der Waals surface area contributed by atoms with Gasteiger partial charge in [0.1, 0.15) is 5.82 Å². The highest BCUT2D eigenvalue weighted by Gasteiger charge is 2.23. The molecule has 2 N–H and O–H groups in total. The number of hydrogen-bond acceptors (Lipinski definition) is 6. The molecule has 11 heteroatoms. The van der Waals surface area contributed by atoms with Gasteiger partial charge in [0.15, 0.2) is 0 Å². The van der Waals surface area contributed by atoms with Crippen molar-refractivity contribution in [1.82, 2.24) is 19.8 Å². The van der Waals surface area contributed by atoms with Gasteiger partial charge in [0, 0.05) is 38.6 Å². The van der Waals surface area contributed by atoms with E-state index in [0.717, 1.165) is 0 Å². The van der Waals surface area contributed by atoms with Gasteiger partial charge in [-0.05, 0) is 43.4 Å². The summed E-state index contributed by atoms with van der Waals surface area (Å²) >= 11 is 0. The average Bonchev–Trinajstić information content (AvgIpc) is 3.22. The van der Waals surface area contributed by atoms with E-state index in [1.54, 1.807) is 25.7 Å². The zero-order valence-electron chi connectivity index (χ0n) is 17.6. The summed E-state index contributed by atoms with van der Waals surface area (Å²) in [6.07, 6.45) is 4.67. The molecule has 0 radical (unpaired) electrons. The summed E-state index contributed by atoms with van der Waals surface area (Å²) in [5.41, 5.74) is 3.21. The van der Waals surface area contributed by atoms with Crippen LogP contribution in [0.1, 0.15) is 28.8 Å². The average molecular weight is 455 g/mol. The minimum absolute atomic E-state index is 0.0429. The van der Waals surface area contributed by atoms with Crippen LogP contribution < -0.4 is 10.3 Å². The van der Waals surface area contributed by atoms with Gasteiger partial charge in [-0.2, -0.15) is 0 Å². The number of nitrogens with one attached hydrogen (secondary N) is 2. The van der Waals surface area contributed by atoms with E-state index in [-0.39, 0.29) is 22.8 Å². The van der Waals surface area contributed by atoms with Crippen molar-refractivity contribution in [3.63, 3.8) is 0 Å². The van der Waals surface area contributed by atoms with E-state index in [2.05, 4.69) is 15.2 Å². The second kappa shape index (κ2) is 10.3. The van der Waals surface area contributed by atoms with Crippen LogP contribution in [0.4, 0.5) is 4.39 Å². The lowest BCUT2D eigenvalue weighted by Crippen LogP contribution is -2.44. The van der Waals surface area contributed by atoms with Gasteiger partial charge in [-0.25, -0.2) is 17.8 Å². The highest BCUT2D eigenvalue weighted by atomic mass is 32.2. The SMILES string of the molecule is COCCn1cnc(-c2cc(C)c(F)c(C(=O)NNS(=O)(=O)CC3CCOCC3)c2)c1. The number of hydrazine groups is 1. The van der Waals surface area contributed by atoms with E-state index in [4.69, 9.17) is 9.47 Å². The molecule has 2 aromatic rings. The molecule has 31 heavy (non-hydrogen) atoms. The number of rotatable bonds is 9. The smallest absolute Gasteiger partial charge is 0.269 e. The molecule has 0 unspecified atom stereocenters. The van der Waals surface area contributed by atoms with Gasteiger partial charge in [-0.3, -0.25) is 10.2 Å². The fourth-order valence-corrected chi connectivity index (χ4v) is 4.65. The van der Waals surface area contributed by atoms with E-state index in [1.807, 2.05) is 4.57 Å². The first-order valence-corrected chi connectivity index (χ1v) is 11.6. The Morgan fingerprint density at radius 3 is 2.81 bits per heavy atom. The van der Waals surface area contributed by atoms with Crippen molar-refractivity contribution in [3.05, 3.63) is 41.6 Å². The van der Waals surface area contributed by atoms with E-state index >= 15 is 0 Å². The molecule has 1 aromatic carbocycles. The molecule has 1 fully saturated rings. The first-order chi connectivity index (χ1) is 14.8. The Morgan fingerprint density at radius 1 is 1.35 bits per heavy atom. The zero-order chi connectivity index (χ0) is 22.4. The summed E-state index contributed by atoms with van der Waals surface area (Å²) in [7, 11) is -2.16. The van der Waals surface area contributed by atoms with Gasteiger partial charge in [0.05, 0.1) is 29.9 Å². The lowest BCUT2D eigenvalue weighted by molar-refractivity contribution is 0.0722. The number of benzene rings is 1. The summed E-state index contributed by atoms with van der Waals surface area (Å²) in [6.45, 7) is 3.69. The maximum atomic E-state index is 14.6. The fourth-order valence-electron chi connectivity index (χ4n) is 3.37. The lowest BCUT2D eigenvalue weighted by Gasteiger charge is -2.21. The third-order valence-corrected chi connectivity index (χ3v) is 6.42. The maximum Gasteiger partial charge on any atom is 0.269 e. The van der Waals surface area contributed by atoms with Crippen LogP contribution in [0.15, 0.2) is 24.7 Å². The van der Waals surface area contributed by atoms with Gasteiger partial charge in [0.2, 0.25) is 10.0 Å². The van der Waals surface area contributed by atoms with Gasteiger partial charge in [-0.15, -0.1) is 4.83 Å². The highest BCUT2D eigenvalue weighted by Crippen LogP contribution is 2.24. The van der Waals surface area contributed by atoms with Crippen molar-refractivity contribution in [2.75, 3.05) is 32.7 Å². The number of imidazole rings is 1. The number of sulfonamides is 1. The van der Waals surface area contributed by atoms with Crippen molar-refractivity contribution in [3.8, 4) is 11.3 Å². The Labute approximate surface area is 181 Å². The van der Waals surface area contributed by atoms with Crippen LogP contribution in [-0.2, 0) is 26.0 Å². The molecule has 1 aliphatic heterocycles. The number of nitrogens with zero attached hydrogens (tertiary/aromatic N) is 2. The predicted molar refractivity (Wildman–Crippen MR) is 112 cm³/mol. The molecule has 3 rings (SSSR count). The van der Waals surface area contributed by atoms with E-state index in [9.17, 15) is 17.6 Å². The van der Waals surface area contributed by atoms with Crippen LogP contribution in [0, 0.1) is 18.7 Å². The van der Waals surface area contributed by atoms with Crippen LogP contribution in [0.3, 0.4) is 0 Å². The first kappa shape index (κ1) is 23.3. The molecule has 1 amide bonds. The molecular formula is C20H27FN4O5S. The highest BCUT2D eigenvalue weighted by molar-refractivity contribution is 7.89. The molecule has 1 saturated heterocycles. The number of hydrogen-bond donors (Lipinski definition) is 2. The quantitative estimate of drug-likeness (QED) is 0.557. The second-order valence-corrected chi connectivity index (χ2v) is 9.30. The number of aryl methyl sites for hydroxylation is 1. The first-order valence-electron chi connectivity index (χ1n) is 9.98. The molecule has 1 aliphatic rings. The monoisotopic (exact) mass is 454 g/mol. The molecule has 0 atom stereocenters. The summed E-state index contributed by atoms with van der Waals surface area (Å²) in [6, 6.07) is 2.94. The summed E-state index contributed by atoms with van der Waals surface area (Å²) < 4.78 is 51.3. The number of amides is 1. The molecule has 9 nitrogen and oxygen atoms in total. The number of carbonyl (C=O) groups is 1. The van der Waals surface area contributed by atoms with Gasteiger partial charge >= 0.3 is 0 Å². The van der Waals surface area contributed by atoms with Crippen molar-refractivity contribution in [2.24, 2.45) is 5.92 Å². The van der Waals surface area contributed by atoms with Crippen molar-refractivity contribution < 1.29 is 27.1 Å². The van der Waals surface area contributed by atoms with Crippen LogP contribution in [0.5, 0.6) is 0 Å². The normalized spacial score (nSPS) is 15.2. The Kier molecular flexibility index (Phi) is 7.76. The zero-order valence-corrected chi connectivity index (χ0v) is 18.4. The number of halogens is 1. The Bertz CT molecular complexity index is 1020. The third kappa shape index (κ3) is 6.33. The van der Waals surface area contributed by atoms with E-state index < -0.39 is 21.7 Å². The number of ether oxygens (including phenoxy) is 2. The third-order valence-electron chi connectivity index (χ3n) is 5.10. The van der Waals surface area contributed by atoms with Gasteiger partial charge in [-0.1, -0.05) is 0 Å². The molecule has 0 saturated carbocycles. The van der Waals surface area contributed by atoms with E-state index in [0.29, 0.717) is 50.5 Å². The Balaban J connectivity index is 1.71. The second-order valence-electron chi connectivity index (χ2n) is 7.54. The van der Waals surface area contributed by atoms with Crippen LogP contribution in [0.25, 0.3) is 11.3 Å². The summed E-state index contributed by atoms with van der Waals surface area (Å²) in [5.74, 6) is -1.77. The van der Waals surface area contributed by atoms with Crippen molar-refractivity contribution in [2.45, 2.75) is 26.3 Å². The molecule has 0 bridgehead atoms. The molecule has 170 valence electrons. The minimum atomic E-state index is -3.76. The number of methoxy groups -OCH3 is 1. The molecule has 1 aromatic heterocycles. The summed E-state index contributed by atoms with van der Waals surface area (Å²) in [5, 5.41) is 0. The van der Waals surface area contributed by atoms with Crippen LogP contribution >= 0.6 is 0 Å². The largest absolute Gasteiger partial charge is 0.383 e. The summed E-state index contributed by atoms with van der Waals surface area (Å²) in [4.78, 5) is 18.9. The fraction of sp³-hybridized carbons (Fsp3) is 0.500. The van der Waals surface area contributed by atoms with Crippen molar-refractivity contribution in [1.29, 1.82) is 0 Å². The molecule has 0 aliphatic carbocycles. The number of carbonyl (C=O) groups excluding carboxylic acids is 1. The Morgan fingerprint density at radius 2 is 2.10 bits per heavy atom. The van der Waals surface area contributed by atoms with Crippen molar-refractivity contribution >= 4 is 15.9 Å². The predicted octanol–water partition coefficient (Wildman–Crippen LogP) is 1.63. The maximum absolute atomic E-state index is 14.6. The standard InChI is InChI=1S/C20H27FN4O5S/c1-14-9-16(18-11-25(13-22-18)5-8-29-2)10-17(19(14)21)20(26)23-24-31(27,28)12-15-3-6-30-7-4-15/h9-11,13,15,24H,3-8,12H2,1-2H3,(H,23,26). The lowest BCUT2D eigenvalue weighted by atomic mass is 10.0. The minimum Gasteiger partial charge on any atom is -0.383 e. The molecule has 0 spiro atoms. The van der Waals surface area contributed by atoms with E-state index in [1.165, 1.54) is 13.0 Å². The van der Waals surface area contributed by atoms with Gasteiger partial charge < -0.3 is 14.0 Å². The van der Waals surface area contributed by atoms with Gasteiger partial charge in [0.25, 0.3) is 5.91 Å². The van der Waals surface area contributed by atoms with Crippen LogP contribution in [-0.4, -0.2) is 56.6 Å². The number of aromatic nitrogens is 2. The Hall–Kier alpha value is -2.34. The molecular weight excluding hydrogens is 427 g/mol.